The van der Waals surface area contributed by atoms with E-state index in [9.17, 15) is 4.79 Å². The lowest BCUT2D eigenvalue weighted by Crippen LogP contribution is -2.41. The fraction of sp³-hybridized carbons (Fsp3) is 0.481. The highest BCUT2D eigenvalue weighted by Crippen LogP contribution is 2.30. The Bertz CT molecular complexity index is 948. The first-order valence-corrected chi connectivity index (χ1v) is 11.8. The van der Waals surface area contributed by atoms with Crippen LogP contribution in [0.2, 0.25) is 0 Å². The molecule has 168 valence electrons. The molecule has 0 atom stereocenters. The first-order valence-electron chi connectivity index (χ1n) is 11.8. The summed E-state index contributed by atoms with van der Waals surface area (Å²) in [6.45, 7) is 8.22. The van der Waals surface area contributed by atoms with Crippen LogP contribution in [0.1, 0.15) is 66.9 Å². The minimum atomic E-state index is 0.0211. The lowest BCUT2D eigenvalue weighted by molar-refractivity contribution is 0.0713. The number of carbonyl (C=O) groups is 1. The van der Waals surface area contributed by atoms with Crippen molar-refractivity contribution in [1.29, 1.82) is 5.26 Å². The molecule has 4 rings (SSSR count). The summed E-state index contributed by atoms with van der Waals surface area (Å²) in [5.74, 6) is 1.45. The van der Waals surface area contributed by atoms with E-state index < -0.39 is 0 Å². The molecule has 0 unspecified atom stereocenters. The molecule has 2 saturated heterocycles. The van der Waals surface area contributed by atoms with Gasteiger partial charge in [0.1, 0.15) is 11.9 Å². The molecular formula is C27H33N3O2. The van der Waals surface area contributed by atoms with Gasteiger partial charge in [0, 0.05) is 37.8 Å². The minimum absolute atomic E-state index is 0.0211. The van der Waals surface area contributed by atoms with E-state index >= 15 is 0 Å². The average molecular weight is 432 g/mol. The van der Waals surface area contributed by atoms with Crippen LogP contribution < -0.4 is 4.74 Å². The maximum atomic E-state index is 12.8. The van der Waals surface area contributed by atoms with Gasteiger partial charge in [0.25, 0.3) is 5.91 Å². The van der Waals surface area contributed by atoms with Gasteiger partial charge in [-0.15, -0.1) is 0 Å². The monoisotopic (exact) mass is 431 g/mol. The summed E-state index contributed by atoms with van der Waals surface area (Å²) in [6.07, 6.45) is 4.40. The van der Waals surface area contributed by atoms with Gasteiger partial charge in [0.05, 0.1) is 11.6 Å². The summed E-state index contributed by atoms with van der Waals surface area (Å²) < 4.78 is 6.24. The Morgan fingerprint density at radius 2 is 1.69 bits per heavy atom. The summed E-state index contributed by atoms with van der Waals surface area (Å²) in [7, 11) is 0. The molecule has 0 bridgehead atoms. The number of carbonyl (C=O) groups excluding carboxylic acids is 1. The molecular weight excluding hydrogens is 398 g/mol. The number of nitriles is 1. The van der Waals surface area contributed by atoms with Crippen LogP contribution in [-0.4, -0.2) is 54.0 Å². The number of piperidine rings is 2. The SMILES string of the molecule is CC(C)N1CCC(Oc2ccc(C3CCN(C(=O)c4cccc(C#N)c4)CC3)cc2)CC1. The third kappa shape index (κ3) is 5.31. The standard InChI is InChI=1S/C27H33N3O2/c1-20(2)29-16-12-26(13-17-29)32-25-8-6-22(7-9-25)23-10-14-30(15-11-23)27(31)24-5-3-4-21(18-24)19-28/h3-9,18,20,23,26H,10-17H2,1-2H3. The Kier molecular flexibility index (Phi) is 7.12. The molecule has 32 heavy (non-hydrogen) atoms. The van der Waals surface area contributed by atoms with Crippen molar-refractivity contribution in [3.05, 3.63) is 65.2 Å². The quantitative estimate of drug-likeness (QED) is 0.680. The zero-order chi connectivity index (χ0) is 22.5. The second-order valence-corrected chi connectivity index (χ2v) is 9.28. The Labute approximate surface area is 191 Å². The van der Waals surface area contributed by atoms with E-state index in [0.29, 0.717) is 29.2 Å². The summed E-state index contributed by atoms with van der Waals surface area (Å²) in [4.78, 5) is 17.2. The van der Waals surface area contributed by atoms with Crippen LogP contribution in [0.3, 0.4) is 0 Å². The summed E-state index contributed by atoms with van der Waals surface area (Å²) in [5, 5.41) is 9.07. The van der Waals surface area contributed by atoms with Crippen molar-refractivity contribution in [2.45, 2.75) is 57.6 Å². The number of nitrogens with zero attached hydrogens (tertiary/aromatic N) is 3. The largest absolute Gasteiger partial charge is 0.490 e. The van der Waals surface area contributed by atoms with Crippen LogP contribution in [0, 0.1) is 11.3 Å². The van der Waals surface area contributed by atoms with E-state index in [-0.39, 0.29) is 5.91 Å². The molecule has 0 N–H and O–H groups in total. The lowest BCUT2D eigenvalue weighted by Gasteiger charge is -2.34. The molecule has 5 heteroatoms. The highest BCUT2D eigenvalue weighted by Gasteiger charge is 2.25. The number of hydrogen-bond donors (Lipinski definition) is 0. The molecule has 2 aromatic carbocycles. The number of ether oxygens (including phenoxy) is 1. The predicted octanol–water partition coefficient (Wildman–Crippen LogP) is 4.83. The third-order valence-electron chi connectivity index (χ3n) is 6.88. The maximum absolute atomic E-state index is 12.8. The molecule has 0 radical (unpaired) electrons. The summed E-state index contributed by atoms with van der Waals surface area (Å²) >= 11 is 0. The normalized spacial score (nSPS) is 18.5. The molecule has 2 aromatic rings. The number of amides is 1. The van der Waals surface area contributed by atoms with Gasteiger partial charge in [-0.05, 0) is 81.3 Å². The van der Waals surface area contributed by atoms with Crippen LogP contribution in [0.4, 0.5) is 0 Å². The van der Waals surface area contributed by atoms with Crippen molar-refractivity contribution < 1.29 is 9.53 Å². The number of likely N-dealkylation sites (tertiary alicyclic amines) is 2. The van der Waals surface area contributed by atoms with E-state index in [1.807, 2.05) is 4.90 Å². The Morgan fingerprint density at radius 1 is 1.00 bits per heavy atom. The molecule has 2 aliphatic rings. The average Bonchev–Trinajstić information content (AvgIpc) is 2.84. The van der Waals surface area contributed by atoms with Gasteiger partial charge in [-0.25, -0.2) is 0 Å². The molecule has 5 nitrogen and oxygen atoms in total. The zero-order valence-electron chi connectivity index (χ0n) is 19.2. The fourth-order valence-electron chi connectivity index (χ4n) is 4.84. The van der Waals surface area contributed by atoms with Crippen molar-refractivity contribution in [2.24, 2.45) is 0 Å². The van der Waals surface area contributed by atoms with E-state index in [4.69, 9.17) is 10.00 Å². The fourth-order valence-corrected chi connectivity index (χ4v) is 4.84. The Balaban J connectivity index is 1.28. The molecule has 2 fully saturated rings. The van der Waals surface area contributed by atoms with E-state index in [0.717, 1.165) is 57.6 Å². The molecule has 2 heterocycles. The van der Waals surface area contributed by atoms with Gasteiger partial charge >= 0.3 is 0 Å². The molecule has 0 saturated carbocycles. The minimum Gasteiger partial charge on any atom is -0.490 e. The second kappa shape index (κ2) is 10.2. The maximum Gasteiger partial charge on any atom is 0.253 e. The lowest BCUT2D eigenvalue weighted by atomic mass is 9.89. The third-order valence-corrected chi connectivity index (χ3v) is 6.88. The van der Waals surface area contributed by atoms with E-state index in [1.165, 1.54) is 5.56 Å². The molecule has 1 amide bonds. The first kappa shape index (κ1) is 22.4. The van der Waals surface area contributed by atoms with E-state index in [2.05, 4.69) is 49.1 Å². The van der Waals surface area contributed by atoms with Crippen molar-refractivity contribution in [2.75, 3.05) is 26.2 Å². The number of benzene rings is 2. The number of rotatable bonds is 5. The predicted molar refractivity (Wildman–Crippen MR) is 126 cm³/mol. The first-order chi connectivity index (χ1) is 15.5. The van der Waals surface area contributed by atoms with Gasteiger partial charge in [-0.3, -0.25) is 4.79 Å². The summed E-state index contributed by atoms with van der Waals surface area (Å²) in [6, 6.07) is 18.3. The smallest absolute Gasteiger partial charge is 0.253 e. The summed E-state index contributed by atoms with van der Waals surface area (Å²) in [5.41, 5.74) is 2.45. The van der Waals surface area contributed by atoms with Crippen molar-refractivity contribution >= 4 is 5.91 Å². The molecule has 0 aromatic heterocycles. The molecule has 0 aliphatic carbocycles. The highest BCUT2D eigenvalue weighted by atomic mass is 16.5. The van der Waals surface area contributed by atoms with Crippen LogP contribution in [0.25, 0.3) is 0 Å². The van der Waals surface area contributed by atoms with Gasteiger partial charge in [0.2, 0.25) is 0 Å². The van der Waals surface area contributed by atoms with Crippen LogP contribution in [-0.2, 0) is 0 Å². The second-order valence-electron chi connectivity index (χ2n) is 9.28. The van der Waals surface area contributed by atoms with Crippen LogP contribution in [0.5, 0.6) is 5.75 Å². The number of hydrogen-bond acceptors (Lipinski definition) is 4. The van der Waals surface area contributed by atoms with Crippen molar-refractivity contribution in [1.82, 2.24) is 9.80 Å². The van der Waals surface area contributed by atoms with Crippen molar-refractivity contribution in [3.63, 3.8) is 0 Å². The van der Waals surface area contributed by atoms with Gasteiger partial charge in [-0.1, -0.05) is 18.2 Å². The van der Waals surface area contributed by atoms with Crippen LogP contribution in [0.15, 0.2) is 48.5 Å². The molecule has 0 spiro atoms. The zero-order valence-corrected chi connectivity index (χ0v) is 19.2. The van der Waals surface area contributed by atoms with Crippen LogP contribution >= 0.6 is 0 Å². The van der Waals surface area contributed by atoms with Crippen molar-refractivity contribution in [3.8, 4) is 11.8 Å². The highest BCUT2D eigenvalue weighted by molar-refractivity contribution is 5.94. The van der Waals surface area contributed by atoms with E-state index in [1.54, 1.807) is 24.3 Å². The van der Waals surface area contributed by atoms with Gasteiger partial charge in [0.15, 0.2) is 0 Å². The Hall–Kier alpha value is -2.84. The topological polar surface area (TPSA) is 56.6 Å². The van der Waals surface area contributed by atoms with Gasteiger partial charge < -0.3 is 14.5 Å². The molecule has 2 aliphatic heterocycles. The Morgan fingerprint density at radius 3 is 2.31 bits per heavy atom. The van der Waals surface area contributed by atoms with Gasteiger partial charge in [-0.2, -0.15) is 5.26 Å².